The van der Waals surface area contributed by atoms with Crippen LogP contribution < -0.4 is 10.6 Å². The molecule has 0 spiro atoms. The van der Waals surface area contributed by atoms with Gasteiger partial charge in [0.1, 0.15) is 0 Å². The number of aliphatic imine (C=N–C) groups is 1. The van der Waals surface area contributed by atoms with Crippen molar-refractivity contribution in [2.45, 2.75) is 38.0 Å². The second-order valence-corrected chi connectivity index (χ2v) is 5.53. The molecule has 1 aromatic carbocycles. The van der Waals surface area contributed by atoms with E-state index in [4.69, 9.17) is 0 Å². The molecule has 2 rings (SSSR count). The fraction of sp³-hybridized carbons (Fsp3) is 0.562. The van der Waals surface area contributed by atoms with Gasteiger partial charge in [0.25, 0.3) is 0 Å². The number of hydrogen-bond acceptors (Lipinski definition) is 1. The highest BCUT2D eigenvalue weighted by molar-refractivity contribution is 5.79. The third kappa shape index (κ3) is 3.09. The molecule has 2 N–H and O–H groups in total. The first-order valence-electron chi connectivity index (χ1n) is 7.16. The van der Waals surface area contributed by atoms with E-state index < -0.39 is 0 Å². The lowest BCUT2D eigenvalue weighted by molar-refractivity contribution is 0.432. The van der Waals surface area contributed by atoms with E-state index in [1.165, 1.54) is 36.8 Å². The molecule has 0 unspecified atom stereocenters. The van der Waals surface area contributed by atoms with Crippen molar-refractivity contribution < 1.29 is 0 Å². The van der Waals surface area contributed by atoms with Crippen molar-refractivity contribution in [3.8, 4) is 0 Å². The highest BCUT2D eigenvalue weighted by Gasteiger charge is 2.35. The van der Waals surface area contributed by atoms with Crippen molar-refractivity contribution in [3.05, 3.63) is 35.4 Å². The second kappa shape index (κ2) is 6.09. The topological polar surface area (TPSA) is 36.4 Å². The Balaban J connectivity index is 2.18. The first kappa shape index (κ1) is 13.9. The number of nitrogens with one attached hydrogen (secondary N) is 2. The van der Waals surface area contributed by atoms with Gasteiger partial charge in [0.2, 0.25) is 0 Å². The number of rotatable bonds is 3. The maximum Gasteiger partial charge on any atom is 0.190 e. The summed E-state index contributed by atoms with van der Waals surface area (Å²) < 4.78 is 0. The molecule has 3 heteroatoms. The lowest BCUT2D eigenvalue weighted by atomic mass is 9.78. The molecule has 1 saturated carbocycles. The van der Waals surface area contributed by atoms with E-state index in [2.05, 4.69) is 46.8 Å². The van der Waals surface area contributed by atoms with Crippen molar-refractivity contribution in [2.75, 3.05) is 20.6 Å². The van der Waals surface area contributed by atoms with Crippen LogP contribution in [0.5, 0.6) is 0 Å². The van der Waals surface area contributed by atoms with Gasteiger partial charge in [0.05, 0.1) is 0 Å². The predicted octanol–water partition coefficient (Wildman–Crippen LogP) is 2.60. The van der Waals surface area contributed by atoms with E-state index in [0.29, 0.717) is 0 Å². The van der Waals surface area contributed by atoms with Gasteiger partial charge in [-0.25, -0.2) is 0 Å². The molecule has 1 aliphatic carbocycles. The monoisotopic (exact) mass is 259 g/mol. The molecule has 3 nitrogen and oxygen atoms in total. The first-order valence-corrected chi connectivity index (χ1v) is 7.16. The Morgan fingerprint density at radius 2 is 2.05 bits per heavy atom. The predicted molar refractivity (Wildman–Crippen MR) is 81.7 cm³/mol. The van der Waals surface area contributed by atoms with Crippen LogP contribution in [0.3, 0.4) is 0 Å². The van der Waals surface area contributed by atoms with Crippen molar-refractivity contribution in [3.63, 3.8) is 0 Å². The standard InChI is InChI=1S/C16H25N3/c1-13-7-6-8-14(11-13)16(9-4-5-10-16)12-19-15(17-2)18-3/h6-8,11H,4-5,9-10,12H2,1-3H3,(H2,17,18,19). The minimum absolute atomic E-state index is 0.277. The van der Waals surface area contributed by atoms with E-state index in [1.807, 2.05) is 14.1 Å². The highest BCUT2D eigenvalue weighted by atomic mass is 15.2. The Bertz CT molecular complexity index is 445. The van der Waals surface area contributed by atoms with Crippen LogP contribution in [0.15, 0.2) is 29.3 Å². The van der Waals surface area contributed by atoms with E-state index in [0.717, 1.165) is 12.5 Å². The molecule has 104 valence electrons. The zero-order chi connectivity index (χ0) is 13.7. The maximum atomic E-state index is 4.20. The van der Waals surface area contributed by atoms with E-state index >= 15 is 0 Å². The zero-order valence-corrected chi connectivity index (χ0v) is 12.3. The van der Waals surface area contributed by atoms with Crippen molar-refractivity contribution in [2.24, 2.45) is 4.99 Å². The van der Waals surface area contributed by atoms with Crippen molar-refractivity contribution in [1.29, 1.82) is 0 Å². The minimum atomic E-state index is 0.277. The largest absolute Gasteiger partial charge is 0.359 e. The number of nitrogens with zero attached hydrogens (tertiary/aromatic N) is 1. The third-order valence-corrected chi connectivity index (χ3v) is 4.25. The Kier molecular flexibility index (Phi) is 4.46. The normalized spacial score (nSPS) is 18.4. The summed E-state index contributed by atoms with van der Waals surface area (Å²) in [5.74, 6) is 0.874. The lowest BCUT2D eigenvalue weighted by Crippen LogP contribution is -2.43. The molecule has 1 fully saturated rings. The molecule has 1 aromatic rings. The zero-order valence-electron chi connectivity index (χ0n) is 12.3. The maximum absolute atomic E-state index is 4.20. The number of benzene rings is 1. The smallest absolute Gasteiger partial charge is 0.190 e. The molecule has 0 amide bonds. The quantitative estimate of drug-likeness (QED) is 0.646. The first-order chi connectivity index (χ1) is 9.20. The van der Waals surface area contributed by atoms with Crippen LogP contribution in [-0.2, 0) is 5.41 Å². The number of hydrogen-bond donors (Lipinski definition) is 2. The van der Waals surface area contributed by atoms with Crippen LogP contribution in [0.25, 0.3) is 0 Å². The molecular formula is C16H25N3. The molecule has 1 aliphatic rings. The molecule has 0 atom stereocenters. The fourth-order valence-corrected chi connectivity index (χ4v) is 3.13. The summed E-state index contributed by atoms with van der Waals surface area (Å²) in [4.78, 5) is 4.20. The van der Waals surface area contributed by atoms with Crippen molar-refractivity contribution in [1.82, 2.24) is 10.6 Å². The summed E-state index contributed by atoms with van der Waals surface area (Å²) in [6.07, 6.45) is 5.19. The van der Waals surface area contributed by atoms with Gasteiger partial charge in [-0.15, -0.1) is 0 Å². The summed E-state index contributed by atoms with van der Waals surface area (Å²) in [5.41, 5.74) is 3.10. The van der Waals surface area contributed by atoms with Crippen LogP contribution in [-0.4, -0.2) is 26.6 Å². The molecular weight excluding hydrogens is 234 g/mol. The summed E-state index contributed by atoms with van der Waals surface area (Å²) in [5, 5.41) is 6.55. The summed E-state index contributed by atoms with van der Waals surface area (Å²) in [6, 6.07) is 8.97. The van der Waals surface area contributed by atoms with Crippen LogP contribution in [0, 0.1) is 6.92 Å². The summed E-state index contributed by atoms with van der Waals surface area (Å²) in [6.45, 7) is 3.13. The van der Waals surface area contributed by atoms with Crippen LogP contribution in [0.4, 0.5) is 0 Å². The SMILES string of the molecule is CN=C(NC)NCC1(c2cccc(C)c2)CCCC1. The fourth-order valence-electron chi connectivity index (χ4n) is 3.13. The Labute approximate surface area is 116 Å². The number of aryl methyl sites for hydroxylation is 1. The molecule has 0 heterocycles. The van der Waals surface area contributed by atoms with Crippen LogP contribution in [0.1, 0.15) is 36.8 Å². The minimum Gasteiger partial charge on any atom is -0.359 e. The average Bonchev–Trinajstić information content (AvgIpc) is 2.90. The van der Waals surface area contributed by atoms with Gasteiger partial charge in [-0.3, -0.25) is 4.99 Å². The van der Waals surface area contributed by atoms with Gasteiger partial charge in [-0.1, -0.05) is 42.7 Å². The van der Waals surface area contributed by atoms with E-state index in [-0.39, 0.29) is 5.41 Å². The van der Waals surface area contributed by atoms with Gasteiger partial charge in [-0.2, -0.15) is 0 Å². The Morgan fingerprint density at radius 3 is 2.63 bits per heavy atom. The lowest BCUT2D eigenvalue weighted by Gasteiger charge is -2.31. The summed E-state index contributed by atoms with van der Waals surface area (Å²) >= 11 is 0. The summed E-state index contributed by atoms with van der Waals surface area (Å²) in [7, 11) is 3.72. The second-order valence-electron chi connectivity index (χ2n) is 5.53. The molecule has 0 bridgehead atoms. The molecule has 0 aromatic heterocycles. The van der Waals surface area contributed by atoms with E-state index in [9.17, 15) is 0 Å². The van der Waals surface area contributed by atoms with Gasteiger partial charge < -0.3 is 10.6 Å². The van der Waals surface area contributed by atoms with Gasteiger partial charge in [0, 0.05) is 26.1 Å². The molecule has 0 aliphatic heterocycles. The van der Waals surface area contributed by atoms with Gasteiger partial charge in [0.15, 0.2) is 5.96 Å². The molecule has 0 saturated heterocycles. The van der Waals surface area contributed by atoms with E-state index in [1.54, 1.807) is 0 Å². The van der Waals surface area contributed by atoms with Crippen LogP contribution >= 0.6 is 0 Å². The van der Waals surface area contributed by atoms with Crippen LogP contribution in [0.2, 0.25) is 0 Å². The third-order valence-electron chi connectivity index (χ3n) is 4.25. The van der Waals surface area contributed by atoms with Gasteiger partial charge >= 0.3 is 0 Å². The Hall–Kier alpha value is -1.51. The molecule has 19 heavy (non-hydrogen) atoms. The molecule has 0 radical (unpaired) electrons. The highest BCUT2D eigenvalue weighted by Crippen LogP contribution is 2.40. The number of guanidine groups is 1. The van der Waals surface area contributed by atoms with Gasteiger partial charge in [-0.05, 0) is 25.3 Å². The Morgan fingerprint density at radius 1 is 1.32 bits per heavy atom. The average molecular weight is 259 g/mol. The van der Waals surface area contributed by atoms with Crippen molar-refractivity contribution >= 4 is 5.96 Å².